The molecule has 20 aromatic heterocycles. The van der Waals surface area contributed by atoms with E-state index in [2.05, 4.69) is 161 Å². The quantitative estimate of drug-likeness (QED) is 0.0431. The second-order valence-corrected chi connectivity index (χ2v) is 33.9. The molecule has 0 saturated carbocycles. The average molecular weight is 1810 g/mol. The first-order valence-corrected chi connectivity index (χ1v) is 42.8. The molecular formula is C97H80F4N26S4. The zero-order valence-corrected chi connectivity index (χ0v) is 70.4. The van der Waals surface area contributed by atoms with Crippen molar-refractivity contribution in [2.24, 2.45) is 0 Å². The van der Waals surface area contributed by atoms with Gasteiger partial charge in [0.25, 0.3) is 0 Å². The van der Waals surface area contributed by atoms with Crippen LogP contribution in [0.3, 0.4) is 0 Å². The van der Waals surface area contributed by atoms with E-state index in [1.54, 1.807) is 86.2 Å². The summed E-state index contributed by atoms with van der Waals surface area (Å²) in [6.07, 6.45) is 28.4. The number of halogens is 4. The summed E-state index contributed by atoms with van der Waals surface area (Å²) in [4.78, 5) is 72.1. The molecule has 26 nitrogen and oxygen atoms in total. The van der Waals surface area contributed by atoms with Crippen molar-refractivity contribution in [2.45, 2.75) is 43.2 Å². The van der Waals surface area contributed by atoms with Crippen LogP contribution in [0.4, 0.5) is 23.2 Å². The van der Waals surface area contributed by atoms with Crippen molar-refractivity contribution < 1.29 is 17.6 Å². The minimum absolute atomic E-state index is 0. The molecule has 24 aromatic rings. The maximum absolute atomic E-state index is 13.6. The molecule has 0 aliphatic carbocycles. The predicted molar refractivity (Wildman–Crippen MR) is 521 cm³/mol. The Kier molecular flexibility index (Phi) is 24.5. The summed E-state index contributed by atoms with van der Waals surface area (Å²) in [6.45, 7) is 2.82. The van der Waals surface area contributed by atoms with Crippen molar-refractivity contribution in [2.75, 3.05) is 26.0 Å². The molecule has 24 rings (SSSR count). The number of aromatic amines is 8. The number of benzene rings is 4. The monoisotopic (exact) mass is 1810 g/mol. The number of fused-ring (bicyclic) bond motifs is 8. The molecule has 0 saturated heterocycles. The molecule has 0 aliphatic rings. The summed E-state index contributed by atoms with van der Waals surface area (Å²) in [6, 6.07) is 47.5. The molecule has 131 heavy (non-hydrogen) atoms. The number of H-pyrrole nitrogens is 8. The van der Waals surface area contributed by atoms with Gasteiger partial charge in [0, 0.05) is 174 Å². The van der Waals surface area contributed by atoms with Crippen LogP contribution in [0.5, 0.6) is 0 Å². The lowest BCUT2D eigenvalue weighted by atomic mass is 10.0. The van der Waals surface area contributed by atoms with Gasteiger partial charge in [0.15, 0.2) is 43.8 Å². The van der Waals surface area contributed by atoms with Crippen LogP contribution in [0.1, 0.15) is 40.8 Å². The first-order valence-electron chi connectivity index (χ1n) is 39.5. The first-order chi connectivity index (χ1) is 62.2. The lowest BCUT2D eigenvalue weighted by molar-refractivity contribution is 0.657. The highest BCUT2D eigenvalue weighted by Gasteiger charge is 2.24. The molecule has 0 fully saturated rings. The smallest absolute Gasteiger partial charge is 0.176 e. The van der Waals surface area contributed by atoms with Gasteiger partial charge in [-0.25, -0.2) is 19.9 Å². The zero-order valence-electron chi connectivity index (χ0n) is 67.1. The number of rotatable bonds is 15. The van der Waals surface area contributed by atoms with Crippen LogP contribution in [0.15, 0.2) is 251 Å². The molecule has 650 valence electrons. The van der Waals surface area contributed by atoms with Crippen molar-refractivity contribution in [1.29, 1.82) is 0 Å². The molecule has 0 bridgehead atoms. The lowest BCUT2D eigenvalue weighted by Gasteiger charge is -2.13. The van der Waals surface area contributed by atoms with Gasteiger partial charge in [-0.1, -0.05) is 60.0 Å². The van der Waals surface area contributed by atoms with Gasteiger partial charge in [0.2, 0.25) is 0 Å². The summed E-state index contributed by atoms with van der Waals surface area (Å²) in [5.74, 6) is 2.51. The second kappa shape index (κ2) is 36.8. The Morgan fingerprint density at radius 2 is 0.649 bits per heavy atom. The van der Waals surface area contributed by atoms with Gasteiger partial charge in [0.05, 0.1) is 80.8 Å². The van der Waals surface area contributed by atoms with E-state index in [9.17, 15) is 17.6 Å². The fraction of sp³-hybridized carbons (Fsp3) is 0.0928. The van der Waals surface area contributed by atoms with Crippen LogP contribution in [-0.4, -0.2) is 142 Å². The van der Waals surface area contributed by atoms with Gasteiger partial charge < -0.3 is 30.2 Å². The standard InChI is InChI=1S/2C24H18FN7S.C23H15FN6S.C22H13FN6S.4CH4/c1-32(2)15-7-14(9-26-10-15)13-3-4-18-16(8-13)23(31-30-18)24-28-19-12-27-11-17(22(19)29-24)20-5-6-21(25)33-20;1-26-8-13-6-15(10-27-9-13)14-2-3-18-16(7-14)23(32-31-18)24-29-19-12-28-11-17(22(19)30-24)20-4-5-21(25)33-20;1-12-6-7-25-9-15(12)13-2-3-17-14(8-13)22(30-29-17)23-27-18-11-26-10-16(21(18)28-23)19-4-5-20(24)31-19;23-19-6-5-18(30-19)15-10-25-11-17-20(15)27-22(26-17)21-14-8-12(3-4-16(14)28-29-21)13-2-1-7-24-9-13;;;;/h3-12H,1-2H3,(H,28,29)(H,30,31);2-7,9-12,26H,8H2,1H3,(H,29,30)(H,31,32);2-11H,1H3,(H,27,28)(H,29,30);1-11H,(H,26,27)(H,28,29);4*1H4. The molecule has 0 radical (unpaired) electrons. The summed E-state index contributed by atoms with van der Waals surface area (Å²) < 4.78 is 54.3. The third-order valence-electron chi connectivity index (χ3n) is 21.5. The lowest BCUT2D eigenvalue weighted by Crippen LogP contribution is -2.08. The van der Waals surface area contributed by atoms with Gasteiger partial charge in [-0.15, -0.1) is 45.3 Å². The Balaban J connectivity index is 0.000000121. The van der Waals surface area contributed by atoms with Crippen LogP contribution < -0.4 is 10.2 Å². The average Bonchev–Trinajstić information content (AvgIpc) is 1.63. The van der Waals surface area contributed by atoms with Crippen molar-refractivity contribution in [3.05, 3.63) is 282 Å². The van der Waals surface area contributed by atoms with Gasteiger partial charge in [-0.3, -0.25) is 60.3 Å². The number of aromatic nitrogens is 24. The number of hydrogen-bond acceptors (Lipinski definition) is 22. The molecule has 0 unspecified atom stereocenters. The van der Waals surface area contributed by atoms with E-state index in [1.165, 1.54) is 24.3 Å². The third kappa shape index (κ3) is 17.0. The van der Waals surface area contributed by atoms with Crippen molar-refractivity contribution in [3.8, 4) is 132 Å². The highest BCUT2D eigenvalue weighted by molar-refractivity contribution is 7.15. The molecule has 0 amide bonds. The summed E-state index contributed by atoms with van der Waals surface area (Å²) in [7, 11) is 5.90. The number of imidazole rings is 4. The summed E-state index contributed by atoms with van der Waals surface area (Å²) in [5.41, 5.74) is 27.4. The molecular weight excluding hydrogens is 1730 g/mol. The minimum atomic E-state index is -0.239. The largest absolute Gasteiger partial charge is 0.376 e. The Bertz CT molecular complexity index is 8250. The minimum Gasteiger partial charge on any atom is -0.376 e. The number of pyridine rings is 8. The molecule has 9 N–H and O–H groups in total. The maximum Gasteiger partial charge on any atom is 0.176 e. The first kappa shape index (κ1) is 87.2. The molecule has 0 aliphatic heterocycles. The number of hydrogen-bond donors (Lipinski definition) is 9. The Morgan fingerprint density at radius 3 is 1.00 bits per heavy atom. The predicted octanol–water partition coefficient (Wildman–Crippen LogP) is 24.4. The normalized spacial score (nSPS) is 11.2. The highest BCUT2D eigenvalue weighted by atomic mass is 32.1. The van der Waals surface area contributed by atoms with E-state index < -0.39 is 0 Å². The molecule has 4 aromatic carbocycles. The molecule has 0 atom stereocenters. The van der Waals surface area contributed by atoms with Crippen molar-refractivity contribution >= 4 is 139 Å². The van der Waals surface area contributed by atoms with E-state index >= 15 is 0 Å². The van der Waals surface area contributed by atoms with E-state index in [1.807, 2.05) is 118 Å². The number of aryl methyl sites for hydroxylation is 1. The Labute approximate surface area is 761 Å². The third-order valence-corrected chi connectivity index (χ3v) is 25.1. The van der Waals surface area contributed by atoms with E-state index in [-0.39, 0.29) is 50.2 Å². The van der Waals surface area contributed by atoms with Crippen LogP contribution >= 0.6 is 45.3 Å². The fourth-order valence-electron chi connectivity index (χ4n) is 15.3. The number of nitrogens with one attached hydrogen (secondary N) is 9. The fourth-order valence-corrected chi connectivity index (χ4v) is 18.3. The van der Waals surface area contributed by atoms with E-state index in [0.717, 1.165) is 254 Å². The van der Waals surface area contributed by atoms with Crippen molar-refractivity contribution in [1.82, 2.24) is 126 Å². The van der Waals surface area contributed by atoms with Crippen LogP contribution in [0, 0.1) is 27.4 Å². The van der Waals surface area contributed by atoms with Gasteiger partial charge in [0.1, 0.15) is 44.8 Å². The number of nitrogens with zero attached hydrogens (tertiary/aromatic N) is 17. The molecule has 0 spiro atoms. The van der Waals surface area contributed by atoms with E-state index in [0.29, 0.717) is 34.7 Å². The summed E-state index contributed by atoms with van der Waals surface area (Å²) >= 11 is 4.31. The van der Waals surface area contributed by atoms with Gasteiger partial charge in [-0.05, 0) is 169 Å². The van der Waals surface area contributed by atoms with Gasteiger partial charge >= 0.3 is 0 Å². The van der Waals surface area contributed by atoms with Crippen LogP contribution in [-0.2, 0) is 6.54 Å². The van der Waals surface area contributed by atoms with E-state index in [4.69, 9.17) is 19.9 Å². The Hall–Kier alpha value is -15.9. The van der Waals surface area contributed by atoms with Gasteiger partial charge in [-0.2, -0.15) is 38.0 Å². The SMILES string of the molecule is C.C.C.C.CN(C)c1cncc(-c2ccc3[nH]nc(-c4nc5c(-c6ccc(F)s6)cncc5[nH]4)c3c2)c1.CNCc1cncc(-c2ccc3[nH]nc(-c4nc5c(-c6ccc(F)s6)cncc5[nH]4)c3c2)c1.Cc1ccncc1-c1ccc2[nH]nc(-c3nc4c(-c5ccc(F)s5)cncc4[nH]3)c2c1.Fc1ccc(-c2cncc3[nH]c(-c4n[nH]c5ccc(-c6cccnc6)cc45)nc23)s1. The van der Waals surface area contributed by atoms with Crippen molar-refractivity contribution in [3.63, 3.8) is 0 Å². The topological polar surface area (TPSA) is 348 Å². The highest BCUT2D eigenvalue weighted by Crippen LogP contribution is 2.42. The number of thiophene rings is 4. The van der Waals surface area contributed by atoms with Crippen LogP contribution in [0.25, 0.3) is 220 Å². The molecule has 34 heteroatoms. The zero-order chi connectivity index (χ0) is 85.9. The number of anilines is 1. The van der Waals surface area contributed by atoms with Crippen LogP contribution in [0.2, 0.25) is 0 Å². The summed E-state index contributed by atoms with van der Waals surface area (Å²) in [5, 5.41) is 36.4. The molecule has 20 heterocycles. The maximum atomic E-state index is 13.6. The second-order valence-electron chi connectivity index (χ2n) is 29.8. The Morgan fingerprint density at radius 1 is 0.313 bits per heavy atom.